The number of aldehydes is 1. The van der Waals surface area contributed by atoms with E-state index in [9.17, 15) is 4.79 Å². The molecule has 7 nitrogen and oxygen atoms in total. The van der Waals surface area contributed by atoms with Gasteiger partial charge in [-0.05, 0) is 73.9 Å². The van der Waals surface area contributed by atoms with Gasteiger partial charge in [0, 0.05) is 43.7 Å². The summed E-state index contributed by atoms with van der Waals surface area (Å²) < 4.78 is 0. The van der Waals surface area contributed by atoms with Crippen LogP contribution in [-0.2, 0) is 0 Å². The first-order valence-corrected chi connectivity index (χ1v) is 14.5. The Morgan fingerprint density at radius 2 is 1.21 bits per heavy atom. The van der Waals surface area contributed by atoms with Gasteiger partial charge in [0.05, 0.1) is 34.0 Å². The largest absolute Gasteiger partial charge is 0.411 e. The van der Waals surface area contributed by atoms with E-state index in [4.69, 9.17) is 5.21 Å². The van der Waals surface area contributed by atoms with Gasteiger partial charge in [0.15, 0.2) is 6.29 Å². The van der Waals surface area contributed by atoms with Crippen LogP contribution < -0.4 is 0 Å². The van der Waals surface area contributed by atoms with E-state index in [-0.39, 0.29) is 0 Å². The summed E-state index contributed by atoms with van der Waals surface area (Å²) in [6, 6.07) is 15.9. The molecule has 1 N–H and O–H groups in total. The van der Waals surface area contributed by atoms with Gasteiger partial charge in [-0.25, -0.2) is 9.97 Å². The maximum atomic E-state index is 11.0. The molecule has 9 heteroatoms. The van der Waals surface area contributed by atoms with Gasteiger partial charge < -0.3 is 5.21 Å². The molecule has 0 aliphatic rings. The highest BCUT2D eigenvalue weighted by Gasteiger charge is 2.12. The lowest BCUT2D eigenvalue weighted by Crippen LogP contribution is -1.94. The fraction of sp³-hybridized carbons (Fsp3) is 0.133. The molecule has 0 saturated carbocycles. The molecule has 0 radical (unpaired) electrons. The summed E-state index contributed by atoms with van der Waals surface area (Å²) in [6.45, 7) is 4.15. The van der Waals surface area contributed by atoms with Crippen LogP contribution in [0.1, 0.15) is 27.3 Å². The normalized spacial score (nSPS) is 11.4. The first-order valence-electron chi connectivity index (χ1n) is 12.1. The minimum atomic E-state index is 0.452. The van der Waals surface area contributed by atoms with E-state index in [1.807, 2.05) is 48.9 Å². The number of fused-ring (bicyclic) bond motifs is 6. The fourth-order valence-electron chi connectivity index (χ4n) is 4.68. The van der Waals surface area contributed by atoms with Crippen molar-refractivity contribution in [2.45, 2.75) is 23.6 Å². The van der Waals surface area contributed by atoms with E-state index in [0.717, 1.165) is 59.7 Å². The number of benzene rings is 2. The quantitative estimate of drug-likeness (QED) is 0.0611. The van der Waals surface area contributed by atoms with Crippen molar-refractivity contribution in [2.75, 3.05) is 12.5 Å². The Kier molecular flexibility index (Phi) is 7.72. The minimum Gasteiger partial charge on any atom is -0.411 e. The summed E-state index contributed by atoms with van der Waals surface area (Å²) in [7, 11) is 0. The second-order valence-electron chi connectivity index (χ2n) is 8.84. The van der Waals surface area contributed by atoms with Crippen LogP contribution in [0.2, 0.25) is 0 Å². The average Bonchev–Trinajstić information content (AvgIpc) is 2.97. The Morgan fingerprint density at radius 1 is 0.718 bits per heavy atom. The van der Waals surface area contributed by atoms with Crippen LogP contribution in [0.25, 0.3) is 43.6 Å². The van der Waals surface area contributed by atoms with Gasteiger partial charge >= 0.3 is 0 Å². The van der Waals surface area contributed by atoms with Gasteiger partial charge in [0.25, 0.3) is 0 Å². The topological polar surface area (TPSA) is 101 Å². The molecule has 0 aliphatic carbocycles. The predicted molar refractivity (Wildman–Crippen MR) is 162 cm³/mol. The number of rotatable bonds is 4. The molecule has 0 fully saturated rings. The van der Waals surface area contributed by atoms with Crippen molar-refractivity contribution in [1.29, 1.82) is 0 Å². The second-order valence-corrected chi connectivity index (χ2v) is 10.5. The molecule has 0 aliphatic heterocycles. The molecular weight excluding hydrogens is 526 g/mol. The van der Waals surface area contributed by atoms with Crippen molar-refractivity contribution in [3.63, 3.8) is 0 Å². The van der Waals surface area contributed by atoms with E-state index in [0.29, 0.717) is 11.4 Å². The number of hydrogen-bond acceptors (Lipinski definition) is 9. The molecule has 0 unspecified atom stereocenters. The Balaban J connectivity index is 0.000000158. The molecule has 0 atom stereocenters. The molecule has 2 aromatic carbocycles. The highest BCUT2D eigenvalue weighted by atomic mass is 32.2. The van der Waals surface area contributed by atoms with Crippen molar-refractivity contribution in [2.24, 2.45) is 5.16 Å². The van der Waals surface area contributed by atoms with Crippen LogP contribution >= 0.6 is 23.5 Å². The van der Waals surface area contributed by atoms with Gasteiger partial charge in [0.1, 0.15) is 5.69 Å². The highest BCUT2D eigenvalue weighted by Crippen LogP contribution is 2.33. The average molecular weight is 552 g/mol. The number of aromatic nitrogens is 4. The highest BCUT2D eigenvalue weighted by molar-refractivity contribution is 7.99. The van der Waals surface area contributed by atoms with Crippen LogP contribution in [0, 0.1) is 13.8 Å². The summed E-state index contributed by atoms with van der Waals surface area (Å²) in [5.74, 6) is 0. The molecule has 4 aromatic heterocycles. The van der Waals surface area contributed by atoms with Gasteiger partial charge in [-0.2, -0.15) is 0 Å². The first kappa shape index (κ1) is 26.5. The maximum Gasteiger partial charge on any atom is 0.168 e. The number of hydrogen-bond donors (Lipinski definition) is 1. The van der Waals surface area contributed by atoms with Crippen LogP contribution in [0.5, 0.6) is 0 Å². The van der Waals surface area contributed by atoms with Crippen LogP contribution in [0.15, 0.2) is 75.9 Å². The van der Waals surface area contributed by atoms with Crippen LogP contribution in [-0.4, -0.2) is 50.2 Å². The standard InChI is InChI=1S/C15H13N3OS.C15H12N2OS/c1-9-6-12-13(20-2)7-10(8-17-19)18-15(12)14-11(9)4-3-5-16-14;1-9-6-12-13(19-2)7-10(8-18)17-15(12)14-11(9)4-3-5-16-14/h3-8,19H,1-2H3;3-8H,1-2H3/b17-8+;. The molecule has 0 amide bonds. The molecular formula is C30H25N5O2S2. The summed E-state index contributed by atoms with van der Waals surface area (Å²) in [6.07, 6.45) is 9.68. The summed E-state index contributed by atoms with van der Waals surface area (Å²) in [5, 5.41) is 16.1. The van der Waals surface area contributed by atoms with E-state index < -0.39 is 0 Å². The first-order chi connectivity index (χ1) is 19.0. The molecule has 194 valence electrons. The zero-order valence-corrected chi connectivity index (χ0v) is 23.5. The van der Waals surface area contributed by atoms with Crippen molar-refractivity contribution in [3.8, 4) is 0 Å². The zero-order valence-electron chi connectivity index (χ0n) is 21.8. The Bertz CT molecular complexity index is 1910. The summed E-state index contributed by atoms with van der Waals surface area (Å²) >= 11 is 3.26. The Morgan fingerprint density at radius 3 is 1.67 bits per heavy atom. The van der Waals surface area contributed by atoms with Crippen LogP contribution in [0.3, 0.4) is 0 Å². The van der Waals surface area contributed by atoms with E-state index in [1.54, 1.807) is 35.9 Å². The summed E-state index contributed by atoms with van der Waals surface area (Å²) in [5.41, 5.74) is 6.81. The number of pyridine rings is 4. The lowest BCUT2D eigenvalue weighted by molar-refractivity contribution is 0.111. The number of thioether (sulfide) groups is 2. The maximum absolute atomic E-state index is 11.0. The lowest BCUT2D eigenvalue weighted by Gasteiger charge is -2.09. The minimum absolute atomic E-state index is 0.452. The number of oxime groups is 1. The number of carbonyl (C=O) groups is 1. The summed E-state index contributed by atoms with van der Waals surface area (Å²) in [4.78, 5) is 31.1. The predicted octanol–water partition coefficient (Wildman–Crippen LogP) is 7.25. The molecule has 6 aromatic rings. The Labute approximate surface area is 233 Å². The molecule has 6 rings (SSSR count). The molecule has 4 heterocycles. The van der Waals surface area contributed by atoms with Crippen molar-refractivity contribution in [1.82, 2.24) is 19.9 Å². The SMILES string of the molecule is CSc1cc(/C=N/O)nc2c1cc(C)c1cccnc12.CSc1cc(C=O)nc2c1cc(C)c1cccnc12. The fourth-order valence-corrected chi connectivity index (χ4v) is 5.91. The number of aryl methyl sites for hydroxylation is 2. The van der Waals surface area contributed by atoms with E-state index in [2.05, 4.69) is 51.1 Å². The third-order valence-corrected chi connectivity index (χ3v) is 8.02. The van der Waals surface area contributed by atoms with Crippen LogP contribution in [0.4, 0.5) is 0 Å². The van der Waals surface area contributed by atoms with Crippen molar-refractivity contribution in [3.05, 3.63) is 83.4 Å². The van der Waals surface area contributed by atoms with Gasteiger partial charge in [-0.3, -0.25) is 14.8 Å². The van der Waals surface area contributed by atoms with E-state index >= 15 is 0 Å². The third kappa shape index (κ3) is 5.03. The second kappa shape index (κ2) is 11.3. The molecule has 0 saturated heterocycles. The van der Waals surface area contributed by atoms with Gasteiger partial charge in [-0.1, -0.05) is 17.3 Å². The Hall–Kier alpha value is -4.08. The van der Waals surface area contributed by atoms with Crippen molar-refractivity contribution >= 4 is 79.6 Å². The number of carbonyl (C=O) groups excluding carboxylic acids is 1. The molecule has 0 bridgehead atoms. The van der Waals surface area contributed by atoms with Gasteiger partial charge in [-0.15, -0.1) is 23.5 Å². The third-order valence-electron chi connectivity index (χ3n) is 6.47. The zero-order chi connectivity index (χ0) is 27.5. The van der Waals surface area contributed by atoms with Crippen molar-refractivity contribution < 1.29 is 10.0 Å². The lowest BCUT2D eigenvalue weighted by atomic mass is 10.0. The monoisotopic (exact) mass is 551 g/mol. The molecule has 39 heavy (non-hydrogen) atoms. The smallest absolute Gasteiger partial charge is 0.168 e. The number of nitrogens with zero attached hydrogens (tertiary/aromatic N) is 5. The van der Waals surface area contributed by atoms with E-state index in [1.165, 1.54) is 17.3 Å². The molecule has 0 spiro atoms. The van der Waals surface area contributed by atoms with Gasteiger partial charge in [0.2, 0.25) is 0 Å².